The lowest BCUT2D eigenvalue weighted by molar-refractivity contribution is 0.175. The lowest BCUT2D eigenvalue weighted by Gasteiger charge is -2.20. The molecule has 1 atom stereocenters. The zero-order valence-electron chi connectivity index (χ0n) is 13.3. The van der Waals surface area contributed by atoms with Crippen LogP contribution in [0.2, 0.25) is 0 Å². The number of aliphatic hydroxyl groups excluding tert-OH is 1. The van der Waals surface area contributed by atoms with Crippen molar-refractivity contribution >= 4 is 0 Å². The average molecular weight is 290 g/mol. The van der Waals surface area contributed by atoms with Crippen LogP contribution in [0, 0.1) is 12.7 Å². The minimum absolute atomic E-state index is 0.144. The van der Waals surface area contributed by atoms with E-state index < -0.39 is 6.10 Å². The average Bonchev–Trinajstić information content (AvgIpc) is 2.76. The van der Waals surface area contributed by atoms with Gasteiger partial charge in [0.25, 0.3) is 0 Å². The van der Waals surface area contributed by atoms with Crippen LogP contribution < -0.4 is 0 Å². The second-order valence-electron chi connectivity index (χ2n) is 6.65. The Morgan fingerprint density at radius 1 is 1.33 bits per heavy atom. The number of nitrogens with zero attached hydrogens (tertiary/aromatic N) is 2. The van der Waals surface area contributed by atoms with Crippen molar-refractivity contribution in [2.24, 2.45) is 7.05 Å². The van der Waals surface area contributed by atoms with Crippen LogP contribution in [0.4, 0.5) is 4.39 Å². The van der Waals surface area contributed by atoms with Crippen LogP contribution in [0.3, 0.4) is 0 Å². The highest BCUT2D eigenvalue weighted by molar-refractivity contribution is 5.31. The molecule has 4 heteroatoms. The van der Waals surface area contributed by atoms with Gasteiger partial charge >= 0.3 is 0 Å². The van der Waals surface area contributed by atoms with Crippen molar-refractivity contribution in [1.29, 1.82) is 0 Å². The zero-order valence-corrected chi connectivity index (χ0v) is 13.3. The summed E-state index contributed by atoms with van der Waals surface area (Å²) in [5.74, 6) is -0.273. The largest absolute Gasteiger partial charge is 0.388 e. The van der Waals surface area contributed by atoms with E-state index in [4.69, 9.17) is 0 Å². The number of aliphatic hydroxyl groups is 1. The van der Waals surface area contributed by atoms with E-state index in [0.29, 0.717) is 6.42 Å². The van der Waals surface area contributed by atoms with Crippen LogP contribution >= 0.6 is 0 Å². The molecule has 2 aromatic rings. The summed E-state index contributed by atoms with van der Waals surface area (Å²) < 4.78 is 15.1. The predicted molar refractivity (Wildman–Crippen MR) is 81.7 cm³/mol. The minimum atomic E-state index is -0.687. The first-order chi connectivity index (χ1) is 9.68. The fourth-order valence-electron chi connectivity index (χ4n) is 2.51. The highest BCUT2D eigenvalue weighted by atomic mass is 19.1. The van der Waals surface area contributed by atoms with E-state index in [1.165, 1.54) is 12.1 Å². The highest BCUT2D eigenvalue weighted by Crippen LogP contribution is 2.30. The summed E-state index contributed by atoms with van der Waals surface area (Å²) in [7, 11) is 1.85. The molecular formula is C17H23FN2O. The van der Waals surface area contributed by atoms with Gasteiger partial charge in [0.15, 0.2) is 0 Å². The molecule has 0 saturated carbocycles. The Morgan fingerprint density at radius 3 is 2.62 bits per heavy atom. The van der Waals surface area contributed by atoms with Crippen LogP contribution in [0.1, 0.15) is 49.3 Å². The molecule has 0 fully saturated rings. The quantitative estimate of drug-likeness (QED) is 0.940. The maximum Gasteiger partial charge on any atom is 0.123 e. The maximum absolute atomic E-state index is 13.4. The van der Waals surface area contributed by atoms with E-state index >= 15 is 0 Å². The van der Waals surface area contributed by atoms with Gasteiger partial charge in [-0.25, -0.2) is 4.39 Å². The van der Waals surface area contributed by atoms with Gasteiger partial charge in [0.2, 0.25) is 0 Å². The molecule has 0 aliphatic heterocycles. The summed E-state index contributed by atoms with van der Waals surface area (Å²) in [5.41, 5.74) is 3.36. The Labute approximate surface area is 125 Å². The molecule has 0 amide bonds. The molecule has 1 heterocycles. The van der Waals surface area contributed by atoms with Gasteiger partial charge in [0.1, 0.15) is 5.82 Å². The number of halogens is 1. The third-order valence-corrected chi connectivity index (χ3v) is 3.65. The molecular weight excluding hydrogens is 267 g/mol. The molecule has 21 heavy (non-hydrogen) atoms. The first-order valence-electron chi connectivity index (χ1n) is 7.15. The standard InChI is InChI=1S/C17H23FN2O/c1-11-6-7-13(18)8-12(11)9-15(21)14-10-20(5)19-16(14)17(2,3)4/h6-8,10,15,21H,9H2,1-5H3. The number of hydrogen-bond donors (Lipinski definition) is 1. The molecule has 3 nitrogen and oxygen atoms in total. The van der Waals surface area contributed by atoms with Gasteiger partial charge in [0.05, 0.1) is 11.8 Å². The number of aromatic nitrogens is 2. The van der Waals surface area contributed by atoms with Gasteiger partial charge in [-0.2, -0.15) is 5.10 Å². The summed E-state index contributed by atoms with van der Waals surface area (Å²) in [5, 5.41) is 15.0. The van der Waals surface area contributed by atoms with Crippen LogP contribution in [0.15, 0.2) is 24.4 Å². The number of rotatable bonds is 3. The van der Waals surface area contributed by atoms with E-state index in [2.05, 4.69) is 25.9 Å². The van der Waals surface area contributed by atoms with Gasteiger partial charge in [0, 0.05) is 30.6 Å². The van der Waals surface area contributed by atoms with E-state index in [0.717, 1.165) is 22.4 Å². The van der Waals surface area contributed by atoms with Crippen molar-refractivity contribution in [3.63, 3.8) is 0 Å². The van der Waals surface area contributed by atoms with Crippen molar-refractivity contribution in [1.82, 2.24) is 9.78 Å². The SMILES string of the molecule is Cc1ccc(F)cc1CC(O)c1cn(C)nc1C(C)(C)C. The molecule has 2 rings (SSSR count). The summed E-state index contributed by atoms with van der Waals surface area (Å²) >= 11 is 0. The van der Waals surface area contributed by atoms with Gasteiger partial charge < -0.3 is 5.11 Å². The normalized spacial score (nSPS) is 13.5. The van der Waals surface area contributed by atoms with Gasteiger partial charge in [-0.3, -0.25) is 4.68 Å². The molecule has 1 aromatic heterocycles. The molecule has 0 aliphatic rings. The lowest BCUT2D eigenvalue weighted by atomic mass is 9.87. The smallest absolute Gasteiger partial charge is 0.123 e. The molecule has 0 saturated heterocycles. The Hall–Kier alpha value is -1.68. The van der Waals surface area contributed by atoms with Crippen molar-refractivity contribution in [3.05, 3.63) is 52.6 Å². The lowest BCUT2D eigenvalue weighted by Crippen LogP contribution is -2.17. The van der Waals surface area contributed by atoms with Crippen LogP contribution in [0.5, 0.6) is 0 Å². The van der Waals surface area contributed by atoms with E-state index in [-0.39, 0.29) is 11.2 Å². The first-order valence-corrected chi connectivity index (χ1v) is 7.15. The predicted octanol–water partition coefficient (Wildman–Crippen LogP) is 3.44. The molecule has 0 bridgehead atoms. The molecule has 1 aromatic carbocycles. The third-order valence-electron chi connectivity index (χ3n) is 3.65. The van der Waals surface area contributed by atoms with E-state index in [1.54, 1.807) is 10.7 Å². The number of benzene rings is 1. The summed E-state index contributed by atoms with van der Waals surface area (Å²) in [4.78, 5) is 0. The molecule has 0 aliphatic carbocycles. The van der Waals surface area contributed by atoms with Crippen LogP contribution in [0.25, 0.3) is 0 Å². The molecule has 0 radical (unpaired) electrons. The van der Waals surface area contributed by atoms with Gasteiger partial charge in [-0.1, -0.05) is 26.8 Å². The summed E-state index contributed by atoms with van der Waals surface area (Å²) in [6, 6.07) is 4.67. The second-order valence-corrected chi connectivity index (χ2v) is 6.65. The fraction of sp³-hybridized carbons (Fsp3) is 0.471. The first kappa shape index (κ1) is 15.7. The number of hydrogen-bond acceptors (Lipinski definition) is 2. The Kier molecular flexibility index (Phi) is 4.19. The van der Waals surface area contributed by atoms with E-state index in [1.807, 2.05) is 20.2 Å². The Morgan fingerprint density at radius 2 is 2.00 bits per heavy atom. The van der Waals surface area contributed by atoms with E-state index in [9.17, 15) is 9.50 Å². The van der Waals surface area contributed by atoms with Crippen molar-refractivity contribution < 1.29 is 9.50 Å². The van der Waals surface area contributed by atoms with Crippen molar-refractivity contribution in [3.8, 4) is 0 Å². The fourth-order valence-corrected chi connectivity index (χ4v) is 2.51. The number of aryl methyl sites for hydroxylation is 2. The van der Waals surface area contributed by atoms with Crippen LogP contribution in [-0.4, -0.2) is 14.9 Å². The monoisotopic (exact) mass is 290 g/mol. The minimum Gasteiger partial charge on any atom is -0.388 e. The Balaban J connectivity index is 2.33. The zero-order chi connectivity index (χ0) is 15.8. The van der Waals surface area contributed by atoms with Gasteiger partial charge in [-0.15, -0.1) is 0 Å². The Bertz CT molecular complexity index is 641. The molecule has 1 N–H and O–H groups in total. The highest BCUT2D eigenvalue weighted by Gasteiger charge is 2.26. The van der Waals surface area contributed by atoms with Crippen molar-refractivity contribution in [2.45, 2.75) is 45.6 Å². The van der Waals surface area contributed by atoms with Gasteiger partial charge in [-0.05, 0) is 30.2 Å². The molecule has 0 spiro atoms. The van der Waals surface area contributed by atoms with Crippen LogP contribution in [-0.2, 0) is 18.9 Å². The molecule has 114 valence electrons. The second kappa shape index (κ2) is 5.60. The molecule has 1 unspecified atom stereocenters. The van der Waals surface area contributed by atoms with Crippen molar-refractivity contribution in [2.75, 3.05) is 0 Å². The summed E-state index contributed by atoms with van der Waals surface area (Å²) in [6.45, 7) is 8.13. The maximum atomic E-state index is 13.4. The topological polar surface area (TPSA) is 38.0 Å². The summed E-state index contributed by atoms with van der Waals surface area (Å²) in [6.07, 6.45) is 1.55. The third kappa shape index (κ3) is 3.50.